The summed E-state index contributed by atoms with van der Waals surface area (Å²) in [5, 5.41) is 0. The molecule has 2 heteroatoms. The zero-order valence-corrected chi connectivity index (χ0v) is 28.5. The van der Waals surface area contributed by atoms with Gasteiger partial charge in [0.25, 0.3) is 0 Å². The molecule has 1 fully saturated rings. The fraction of sp³-hybridized carbons (Fsp3) is 0.825. The Balaban J connectivity index is 1.85. The summed E-state index contributed by atoms with van der Waals surface area (Å²) >= 11 is 0. The number of ether oxygens (including phenoxy) is 1. The first-order valence-electron chi connectivity index (χ1n) is 19.0. The summed E-state index contributed by atoms with van der Waals surface area (Å²) in [4.78, 5) is 11.9. The van der Waals surface area contributed by atoms with Crippen molar-refractivity contribution in [3.63, 3.8) is 0 Å². The maximum atomic E-state index is 11.9. The average molecular weight is 585 g/mol. The van der Waals surface area contributed by atoms with Crippen molar-refractivity contribution in [1.82, 2.24) is 0 Å². The molecular weight excluding hydrogens is 512 g/mol. The first-order valence-corrected chi connectivity index (χ1v) is 19.0. The van der Waals surface area contributed by atoms with Gasteiger partial charge in [0.1, 0.15) is 11.7 Å². The number of carbonyl (C=O) groups excluding carboxylic acids is 1. The standard InChI is InChI=1S/C40H72O2/c1-3-5-7-9-11-13-15-17-19-21-23-25-27-29-31-33-35-37-39-38(40(41)42-39)36-34-32-30-28-26-24-22-20-18-16-14-12-10-8-6-4-2/h11-14,37-38H,3-10,15-36H2,1-2H3/b13-11+,14-12+,39-37+. The number of esters is 1. The number of rotatable bonds is 32. The Labute approximate surface area is 263 Å². The highest BCUT2D eigenvalue weighted by molar-refractivity contribution is 5.82. The Morgan fingerprint density at radius 1 is 0.452 bits per heavy atom. The van der Waals surface area contributed by atoms with Crippen molar-refractivity contribution in [2.45, 2.75) is 206 Å². The highest BCUT2D eigenvalue weighted by atomic mass is 16.6. The van der Waals surface area contributed by atoms with E-state index in [1.54, 1.807) is 0 Å². The minimum absolute atomic E-state index is 0.0139. The summed E-state index contributed by atoms with van der Waals surface area (Å²) < 4.78 is 5.37. The predicted molar refractivity (Wildman–Crippen MR) is 186 cm³/mol. The van der Waals surface area contributed by atoms with Gasteiger partial charge < -0.3 is 4.74 Å². The van der Waals surface area contributed by atoms with Gasteiger partial charge in [0.05, 0.1) is 0 Å². The van der Waals surface area contributed by atoms with E-state index in [2.05, 4.69) is 44.2 Å². The monoisotopic (exact) mass is 585 g/mol. The summed E-state index contributed by atoms with van der Waals surface area (Å²) in [7, 11) is 0. The zero-order chi connectivity index (χ0) is 30.2. The largest absolute Gasteiger partial charge is 0.430 e. The van der Waals surface area contributed by atoms with Crippen LogP contribution < -0.4 is 0 Å². The maximum Gasteiger partial charge on any atom is 0.321 e. The van der Waals surface area contributed by atoms with Crippen LogP contribution in [-0.2, 0) is 9.53 Å². The van der Waals surface area contributed by atoms with Crippen LogP contribution >= 0.6 is 0 Å². The minimum atomic E-state index is 0.0139. The van der Waals surface area contributed by atoms with E-state index in [0.717, 1.165) is 25.0 Å². The molecule has 1 rings (SSSR count). The summed E-state index contributed by atoms with van der Waals surface area (Å²) in [6.07, 6.45) is 51.2. The quantitative estimate of drug-likeness (QED) is 0.0446. The normalized spacial score (nSPS) is 16.2. The van der Waals surface area contributed by atoms with E-state index in [0.29, 0.717) is 0 Å². The van der Waals surface area contributed by atoms with Gasteiger partial charge in [-0.1, -0.05) is 160 Å². The van der Waals surface area contributed by atoms with Crippen molar-refractivity contribution in [2.75, 3.05) is 0 Å². The van der Waals surface area contributed by atoms with E-state index in [1.807, 2.05) is 0 Å². The Kier molecular flexibility index (Phi) is 28.7. The van der Waals surface area contributed by atoms with E-state index in [1.165, 1.54) is 173 Å². The second-order valence-electron chi connectivity index (χ2n) is 13.0. The van der Waals surface area contributed by atoms with Gasteiger partial charge in [-0.2, -0.15) is 0 Å². The van der Waals surface area contributed by atoms with E-state index in [-0.39, 0.29) is 11.9 Å². The lowest BCUT2D eigenvalue weighted by Gasteiger charge is -2.28. The Hall–Kier alpha value is -1.31. The van der Waals surface area contributed by atoms with E-state index >= 15 is 0 Å². The Morgan fingerprint density at radius 3 is 1.17 bits per heavy atom. The first-order chi connectivity index (χ1) is 20.8. The zero-order valence-electron chi connectivity index (χ0n) is 28.5. The number of unbranched alkanes of at least 4 members (excludes halogenated alkanes) is 25. The Bertz CT molecular complexity index is 673. The third kappa shape index (κ3) is 24.2. The number of allylic oxidation sites excluding steroid dienone is 5. The summed E-state index contributed by atoms with van der Waals surface area (Å²) in [6, 6.07) is 0. The summed E-state index contributed by atoms with van der Waals surface area (Å²) in [6.45, 7) is 4.54. The lowest BCUT2D eigenvalue weighted by Crippen LogP contribution is -2.32. The topological polar surface area (TPSA) is 26.3 Å². The summed E-state index contributed by atoms with van der Waals surface area (Å²) in [5.74, 6) is 1.06. The van der Waals surface area contributed by atoms with Crippen LogP contribution in [0, 0.1) is 5.92 Å². The van der Waals surface area contributed by atoms with Crippen LogP contribution in [0.5, 0.6) is 0 Å². The fourth-order valence-corrected chi connectivity index (χ4v) is 5.99. The molecule has 1 atom stereocenters. The van der Waals surface area contributed by atoms with E-state index in [9.17, 15) is 4.79 Å². The van der Waals surface area contributed by atoms with Gasteiger partial charge in [-0.25, -0.2) is 0 Å². The van der Waals surface area contributed by atoms with Crippen molar-refractivity contribution in [1.29, 1.82) is 0 Å². The molecule has 2 nitrogen and oxygen atoms in total. The van der Waals surface area contributed by atoms with Gasteiger partial charge in [0.2, 0.25) is 0 Å². The van der Waals surface area contributed by atoms with Crippen molar-refractivity contribution in [2.24, 2.45) is 5.92 Å². The number of hydrogen-bond acceptors (Lipinski definition) is 2. The Morgan fingerprint density at radius 2 is 0.786 bits per heavy atom. The molecule has 1 heterocycles. The fourth-order valence-electron chi connectivity index (χ4n) is 5.99. The van der Waals surface area contributed by atoms with Crippen LogP contribution in [0.1, 0.15) is 206 Å². The maximum absolute atomic E-state index is 11.9. The van der Waals surface area contributed by atoms with Crippen LogP contribution in [0.25, 0.3) is 0 Å². The highest BCUT2D eigenvalue weighted by Crippen LogP contribution is 2.32. The van der Waals surface area contributed by atoms with Crippen LogP contribution in [0.4, 0.5) is 0 Å². The molecule has 1 aliphatic heterocycles. The van der Waals surface area contributed by atoms with Crippen molar-refractivity contribution in [3.05, 3.63) is 36.1 Å². The first kappa shape index (κ1) is 38.7. The average Bonchev–Trinajstić information content (AvgIpc) is 2.99. The molecule has 0 N–H and O–H groups in total. The lowest BCUT2D eigenvalue weighted by molar-refractivity contribution is -0.157. The molecule has 0 aromatic heterocycles. The van der Waals surface area contributed by atoms with Gasteiger partial charge in [-0.15, -0.1) is 0 Å². The van der Waals surface area contributed by atoms with Crippen molar-refractivity contribution in [3.8, 4) is 0 Å². The molecule has 1 saturated heterocycles. The molecule has 0 saturated carbocycles. The van der Waals surface area contributed by atoms with Gasteiger partial charge in [-0.3, -0.25) is 4.79 Å². The molecule has 0 amide bonds. The number of hydrogen-bond donors (Lipinski definition) is 0. The molecule has 0 radical (unpaired) electrons. The molecule has 1 aliphatic rings. The second-order valence-corrected chi connectivity index (χ2v) is 13.0. The van der Waals surface area contributed by atoms with Crippen LogP contribution in [0.2, 0.25) is 0 Å². The van der Waals surface area contributed by atoms with Crippen LogP contribution in [-0.4, -0.2) is 5.97 Å². The molecule has 0 aromatic carbocycles. The predicted octanol–water partition coefficient (Wildman–Crippen LogP) is 13.9. The third-order valence-electron chi connectivity index (χ3n) is 8.91. The van der Waals surface area contributed by atoms with Gasteiger partial charge in [0.15, 0.2) is 0 Å². The van der Waals surface area contributed by atoms with Crippen molar-refractivity contribution < 1.29 is 9.53 Å². The van der Waals surface area contributed by atoms with E-state index in [4.69, 9.17) is 4.74 Å². The SMILES string of the molecule is CCCCC/C=C/CCCCCCCCCCC/C=C1/OC(=O)C1CCCCCCCCCCC/C=C/CCCCC. The van der Waals surface area contributed by atoms with Crippen LogP contribution in [0.3, 0.4) is 0 Å². The molecule has 0 aliphatic carbocycles. The van der Waals surface area contributed by atoms with Gasteiger partial charge in [0, 0.05) is 0 Å². The second kappa shape index (κ2) is 31.1. The minimum Gasteiger partial charge on any atom is -0.430 e. The molecule has 42 heavy (non-hydrogen) atoms. The number of carbonyl (C=O) groups is 1. The highest BCUT2D eigenvalue weighted by Gasteiger charge is 2.36. The van der Waals surface area contributed by atoms with Gasteiger partial charge >= 0.3 is 5.97 Å². The van der Waals surface area contributed by atoms with Crippen molar-refractivity contribution >= 4 is 5.97 Å². The number of cyclic esters (lactones) is 1. The lowest BCUT2D eigenvalue weighted by atomic mass is 9.93. The molecule has 0 spiro atoms. The molecule has 0 aromatic rings. The third-order valence-corrected chi connectivity index (χ3v) is 8.91. The smallest absolute Gasteiger partial charge is 0.321 e. The molecule has 0 bridgehead atoms. The van der Waals surface area contributed by atoms with Gasteiger partial charge in [-0.05, 0) is 76.7 Å². The van der Waals surface area contributed by atoms with E-state index < -0.39 is 0 Å². The molecule has 244 valence electrons. The molecule has 1 unspecified atom stereocenters. The molecular formula is C40H72O2. The summed E-state index contributed by atoms with van der Waals surface area (Å²) in [5.41, 5.74) is 0. The van der Waals surface area contributed by atoms with Crippen LogP contribution in [0.15, 0.2) is 36.1 Å².